The highest BCUT2D eigenvalue weighted by Gasteiger charge is 2.40. The van der Waals surface area contributed by atoms with Crippen molar-refractivity contribution in [1.82, 2.24) is 5.32 Å². The number of nitrogens with one attached hydrogen (secondary N) is 1. The van der Waals surface area contributed by atoms with Crippen molar-refractivity contribution in [2.24, 2.45) is 11.3 Å². The van der Waals surface area contributed by atoms with Gasteiger partial charge in [-0.3, -0.25) is 0 Å². The molecule has 2 rings (SSSR count). The lowest BCUT2D eigenvalue weighted by Gasteiger charge is -2.37. The van der Waals surface area contributed by atoms with E-state index in [1.54, 1.807) is 5.57 Å². The average Bonchev–Trinajstić information content (AvgIpc) is 2.71. The SMILES string of the molecule is CCCNC(C1=CCCCCCC1)C1CCCC1(C)C. The summed E-state index contributed by atoms with van der Waals surface area (Å²) >= 11 is 0. The van der Waals surface area contributed by atoms with E-state index in [1.807, 2.05) is 0 Å². The van der Waals surface area contributed by atoms with Crippen molar-refractivity contribution < 1.29 is 0 Å². The summed E-state index contributed by atoms with van der Waals surface area (Å²) in [5.74, 6) is 0.847. The van der Waals surface area contributed by atoms with Crippen LogP contribution in [0.15, 0.2) is 11.6 Å². The molecule has 0 aliphatic heterocycles. The zero-order valence-corrected chi connectivity index (χ0v) is 14.0. The number of allylic oxidation sites excluding steroid dienone is 1. The van der Waals surface area contributed by atoms with Gasteiger partial charge in [0.15, 0.2) is 0 Å². The minimum absolute atomic E-state index is 0.522. The molecule has 0 aromatic rings. The van der Waals surface area contributed by atoms with Crippen LogP contribution in [-0.2, 0) is 0 Å². The van der Waals surface area contributed by atoms with Crippen molar-refractivity contribution in [2.45, 2.75) is 91.0 Å². The van der Waals surface area contributed by atoms with Gasteiger partial charge in [-0.15, -0.1) is 0 Å². The van der Waals surface area contributed by atoms with Gasteiger partial charge in [0.05, 0.1) is 0 Å². The van der Waals surface area contributed by atoms with E-state index in [1.165, 1.54) is 70.8 Å². The highest BCUT2D eigenvalue weighted by Crippen LogP contribution is 2.46. The fraction of sp³-hybridized carbons (Fsp3) is 0.895. The summed E-state index contributed by atoms with van der Waals surface area (Å²) in [6.45, 7) is 8.45. The van der Waals surface area contributed by atoms with E-state index < -0.39 is 0 Å². The van der Waals surface area contributed by atoms with Crippen molar-refractivity contribution in [3.05, 3.63) is 11.6 Å². The summed E-state index contributed by atoms with van der Waals surface area (Å²) in [4.78, 5) is 0. The van der Waals surface area contributed by atoms with Crippen LogP contribution in [0.1, 0.15) is 85.0 Å². The maximum Gasteiger partial charge on any atom is 0.0312 e. The molecular weight excluding hydrogens is 242 g/mol. The van der Waals surface area contributed by atoms with E-state index in [0.29, 0.717) is 11.5 Å². The molecule has 1 heteroatoms. The maximum atomic E-state index is 3.92. The average molecular weight is 277 g/mol. The topological polar surface area (TPSA) is 12.0 Å². The standard InChI is InChI=1S/C19H35N/c1-4-15-20-18(17-13-10-14-19(17,2)3)16-11-8-6-5-7-9-12-16/h11,17-18,20H,4-10,12-15H2,1-3H3. The molecule has 1 fully saturated rings. The molecule has 0 spiro atoms. The second kappa shape index (κ2) is 7.64. The first-order chi connectivity index (χ1) is 9.65. The summed E-state index contributed by atoms with van der Waals surface area (Å²) in [7, 11) is 0. The molecule has 1 nitrogen and oxygen atoms in total. The molecule has 0 radical (unpaired) electrons. The second-order valence-corrected chi connectivity index (χ2v) is 7.65. The first-order valence-electron chi connectivity index (χ1n) is 9.07. The highest BCUT2D eigenvalue weighted by atomic mass is 14.9. The van der Waals surface area contributed by atoms with Crippen molar-refractivity contribution in [2.75, 3.05) is 6.54 Å². The predicted octanol–water partition coefficient (Wildman–Crippen LogP) is 5.46. The van der Waals surface area contributed by atoms with Crippen molar-refractivity contribution in [1.29, 1.82) is 0 Å². The fourth-order valence-corrected chi connectivity index (χ4v) is 4.30. The van der Waals surface area contributed by atoms with Crippen LogP contribution in [-0.4, -0.2) is 12.6 Å². The van der Waals surface area contributed by atoms with Gasteiger partial charge < -0.3 is 5.32 Å². The molecule has 0 aromatic heterocycles. The van der Waals surface area contributed by atoms with E-state index in [-0.39, 0.29) is 0 Å². The fourth-order valence-electron chi connectivity index (χ4n) is 4.30. The molecule has 1 saturated carbocycles. The lowest BCUT2D eigenvalue weighted by Crippen LogP contribution is -2.42. The smallest absolute Gasteiger partial charge is 0.0312 e. The third-order valence-corrected chi connectivity index (χ3v) is 5.58. The van der Waals surface area contributed by atoms with Crippen LogP contribution >= 0.6 is 0 Å². The van der Waals surface area contributed by atoms with E-state index in [0.717, 1.165) is 5.92 Å². The van der Waals surface area contributed by atoms with Crippen molar-refractivity contribution in [3.8, 4) is 0 Å². The summed E-state index contributed by atoms with van der Waals surface area (Å²) < 4.78 is 0. The van der Waals surface area contributed by atoms with Crippen LogP contribution in [0.5, 0.6) is 0 Å². The summed E-state index contributed by atoms with van der Waals surface area (Å²) in [5.41, 5.74) is 2.27. The highest BCUT2D eigenvalue weighted by molar-refractivity contribution is 5.16. The Hall–Kier alpha value is -0.300. The van der Waals surface area contributed by atoms with Gasteiger partial charge in [0, 0.05) is 6.04 Å². The number of hydrogen-bond acceptors (Lipinski definition) is 1. The molecule has 0 heterocycles. The molecule has 2 atom stereocenters. The summed E-state index contributed by atoms with van der Waals surface area (Å²) in [6, 6.07) is 0.658. The van der Waals surface area contributed by atoms with Crippen LogP contribution in [0.3, 0.4) is 0 Å². The van der Waals surface area contributed by atoms with Crippen molar-refractivity contribution in [3.63, 3.8) is 0 Å². The van der Waals surface area contributed by atoms with Gasteiger partial charge in [-0.2, -0.15) is 0 Å². The summed E-state index contributed by atoms with van der Waals surface area (Å²) in [6.07, 6.45) is 16.4. The first-order valence-corrected chi connectivity index (χ1v) is 9.07. The number of rotatable bonds is 5. The van der Waals surface area contributed by atoms with E-state index >= 15 is 0 Å². The van der Waals surface area contributed by atoms with E-state index in [4.69, 9.17) is 0 Å². The number of hydrogen-bond donors (Lipinski definition) is 1. The Morgan fingerprint density at radius 2 is 2.00 bits per heavy atom. The van der Waals surface area contributed by atoms with Crippen LogP contribution in [0, 0.1) is 11.3 Å². The van der Waals surface area contributed by atoms with Gasteiger partial charge in [-0.05, 0) is 62.8 Å². The quantitative estimate of drug-likeness (QED) is 0.658. The van der Waals surface area contributed by atoms with E-state index in [9.17, 15) is 0 Å². The molecule has 2 aliphatic carbocycles. The van der Waals surface area contributed by atoms with Gasteiger partial charge in [-0.25, -0.2) is 0 Å². The van der Waals surface area contributed by atoms with Crippen LogP contribution < -0.4 is 5.32 Å². The Morgan fingerprint density at radius 1 is 1.20 bits per heavy atom. The molecule has 2 unspecified atom stereocenters. The normalized spacial score (nSPS) is 28.6. The second-order valence-electron chi connectivity index (χ2n) is 7.65. The Kier molecular flexibility index (Phi) is 6.14. The zero-order chi connectivity index (χ0) is 14.4. The molecular formula is C19H35N. The van der Waals surface area contributed by atoms with Crippen LogP contribution in [0.2, 0.25) is 0 Å². The Balaban J connectivity index is 2.12. The van der Waals surface area contributed by atoms with Gasteiger partial charge in [0.25, 0.3) is 0 Å². The first kappa shape index (κ1) is 16.1. The Morgan fingerprint density at radius 3 is 2.70 bits per heavy atom. The van der Waals surface area contributed by atoms with Gasteiger partial charge in [0.1, 0.15) is 0 Å². The maximum absolute atomic E-state index is 3.92. The monoisotopic (exact) mass is 277 g/mol. The lowest BCUT2D eigenvalue weighted by atomic mass is 9.74. The third kappa shape index (κ3) is 4.10. The van der Waals surface area contributed by atoms with Crippen molar-refractivity contribution >= 4 is 0 Å². The van der Waals surface area contributed by atoms with Gasteiger partial charge >= 0.3 is 0 Å². The van der Waals surface area contributed by atoms with Crippen LogP contribution in [0.4, 0.5) is 0 Å². The van der Waals surface area contributed by atoms with Gasteiger partial charge in [0.2, 0.25) is 0 Å². The van der Waals surface area contributed by atoms with Crippen LogP contribution in [0.25, 0.3) is 0 Å². The molecule has 0 saturated heterocycles. The largest absolute Gasteiger partial charge is 0.310 e. The third-order valence-electron chi connectivity index (χ3n) is 5.58. The zero-order valence-electron chi connectivity index (χ0n) is 14.0. The molecule has 0 bridgehead atoms. The Bertz CT molecular complexity index is 316. The molecule has 20 heavy (non-hydrogen) atoms. The molecule has 1 N–H and O–H groups in total. The van der Waals surface area contributed by atoms with Gasteiger partial charge in [-0.1, -0.05) is 51.7 Å². The summed E-state index contributed by atoms with van der Waals surface area (Å²) in [5, 5.41) is 3.92. The molecule has 116 valence electrons. The molecule has 2 aliphatic rings. The lowest BCUT2D eigenvalue weighted by molar-refractivity contribution is 0.211. The minimum atomic E-state index is 0.522. The molecule has 0 aromatic carbocycles. The Labute approximate surface area is 126 Å². The predicted molar refractivity (Wildman–Crippen MR) is 89.0 cm³/mol. The molecule has 0 amide bonds. The van der Waals surface area contributed by atoms with E-state index in [2.05, 4.69) is 32.2 Å². The minimum Gasteiger partial charge on any atom is -0.310 e.